The number of hydrogen-bond acceptors (Lipinski definition) is 3. The van der Waals surface area contributed by atoms with Gasteiger partial charge in [0, 0.05) is 38.4 Å². The normalized spacial score (nSPS) is 10.5. The minimum Gasteiger partial charge on any atom is -0.396 e. The predicted octanol–water partition coefficient (Wildman–Crippen LogP) is 1.48. The van der Waals surface area contributed by atoms with E-state index >= 15 is 0 Å². The number of carbonyl (C=O) groups is 1. The molecule has 0 spiro atoms. The molecule has 106 valence electrons. The van der Waals surface area contributed by atoms with Crippen LogP contribution in [0.3, 0.4) is 0 Å². The summed E-state index contributed by atoms with van der Waals surface area (Å²) in [5.41, 5.74) is 3.19. The fourth-order valence-corrected chi connectivity index (χ4v) is 1.96. The molecular formula is C15H19N3O2. The second kappa shape index (κ2) is 6.86. The number of nitrogens with zero attached hydrogens (tertiary/aromatic N) is 2. The predicted molar refractivity (Wildman–Crippen MR) is 76.8 cm³/mol. The number of nitrogens with one attached hydrogen (secondary N) is 1. The molecule has 1 aromatic carbocycles. The van der Waals surface area contributed by atoms with Crippen molar-refractivity contribution in [2.24, 2.45) is 7.05 Å². The summed E-state index contributed by atoms with van der Waals surface area (Å²) in [4.78, 5) is 11.5. The number of aliphatic hydroxyl groups excluding tert-OH is 1. The quantitative estimate of drug-likeness (QED) is 0.837. The molecule has 0 saturated heterocycles. The monoisotopic (exact) mass is 273 g/mol. The number of amides is 1. The number of hydrogen-bond donors (Lipinski definition) is 2. The van der Waals surface area contributed by atoms with E-state index in [0.29, 0.717) is 19.4 Å². The minimum atomic E-state index is -0.0363. The van der Waals surface area contributed by atoms with Gasteiger partial charge in [0.25, 0.3) is 0 Å². The first-order valence-corrected chi connectivity index (χ1v) is 6.64. The molecule has 1 aromatic heterocycles. The maximum absolute atomic E-state index is 11.5. The van der Waals surface area contributed by atoms with Crippen LogP contribution in [0.1, 0.15) is 18.4 Å². The number of aryl methyl sites for hydroxylation is 1. The molecule has 5 nitrogen and oxygen atoms in total. The van der Waals surface area contributed by atoms with Gasteiger partial charge in [-0.15, -0.1) is 0 Å². The summed E-state index contributed by atoms with van der Waals surface area (Å²) in [7, 11) is 1.88. The van der Waals surface area contributed by atoms with Crippen molar-refractivity contribution in [1.82, 2.24) is 15.1 Å². The Morgan fingerprint density at radius 2 is 2.25 bits per heavy atom. The van der Waals surface area contributed by atoms with Crippen molar-refractivity contribution in [1.29, 1.82) is 0 Å². The molecule has 5 heteroatoms. The van der Waals surface area contributed by atoms with Crippen molar-refractivity contribution < 1.29 is 9.90 Å². The van der Waals surface area contributed by atoms with Gasteiger partial charge in [0.15, 0.2) is 0 Å². The lowest BCUT2D eigenvalue weighted by atomic mass is 10.1. The van der Waals surface area contributed by atoms with Crippen LogP contribution in [-0.4, -0.2) is 27.4 Å². The van der Waals surface area contributed by atoms with Crippen molar-refractivity contribution in [3.05, 3.63) is 42.2 Å². The lowest BCUT2D eigenvalue weighted by Gasteiger charge is -2.06. The van der Waals surface area contributed by atoms with Gasteiger partial charge in [-0.25, -0.2) is 0 Å². The largest absolute Gasteiger partial charge is 0.396 e. The second-order valence-electron chi connectivity index (χ2n) is 4.71. The van der Waals surface area contributed by atoms with Crippen LogP contribution < -0.4 is 5.32 Å². The van der Waals surface area contributed by atoms with Gasteiger partial charge in [0.1, 0.15) is 0 Å². The average Bonchev–Trinajstić information content (AvgIpc) is 2.90. The van der Waals surface area contributed by atoms with Crippen LogP contribution in [0.4, 0.5) is 0 Å². The first-order chi connectivity index (χ1) is 9.69. The summed E-state index contributed by atoms with van der Waals surface area (Å²) in [6, 6.07) is 8.02. The van der Waals surface area contributed by atoms with Crippen LogP contribution in [0.15, 0.2) is 36.7 Å². The van der Waals surface area contributed by atoms with Crippen LogP contribution in [0.2, 0.25) is 0 Å². The number of aromatic nitrogens is 2. The van der Waals surface area contributed by atoms with Gasteiger partial charge in [-0.1, -0.05) is 18.2 Å². The number of aliphatic hydroxyl groups is 1. The van der Waals surface area contributed by atoms with Gasteiger partial charge in [0.2, 0.25) is 5.91 Å². The van der Waals surface area contributed by atoms with Crippen molar-refractivity contribution in [2.75, 3.05) is 6.61 Å². The Bertz CT molecular complexity index is 578. The fourth-order valence-electron chi connectivity index (χ4n) is 1.96. The third kappa shape index (κ3) is 3.93. The molecule has 0 fully saturated rings. The van der Waals surface area contributed by atoms with Gasteiger partial charge < -0.3 is 10.4 Å². The molecule has 0 atom stereocenters. The van der Waals surface area contributed by atoms with E-state index in [0.717, 1.165) is 16.7 Å². The minimum absolute atomic E-state index is 0.0363. The molecule has 1 heterocycles. The Kier molecular flexibility index (Phi) is 4.90. The molecule has 0 saturated carbocycles. The fraction of sp³-hybridized carbons (Fsp3) is 0.333. The van der Waals surface area contributed by atoms with E-state index in [1.807, 2.05) is 43.7 Å². The summed E-state index contributed by atoms with van der Waals surface area (Å²) >= 11 is 0. The van der Waals surface area contributed by atoms with E-state index in [2.05, 4.69) is 10.4 Å². The Morgan fingerprint density at radius 3 is 2.95 bits per heavy atom. The summed E-state index contributed by atoms with van der Waals surface area (Å²) in [5, 5.41) is 15.7. The van der Waals surface area contributed by atoms with E-state index in [1.165, 1.54) is 0 Å². The summed E-state index contributed by atoms with van der Waals surface area (Å²) in [6.07, 6.45) is 4.64. The highest BCUT2D eigenvalue weighted by atomic mass is 16.3. The van der Waals surface area contributed by atoms with Gasteiger partial charge in [-0.05, 0) is 23.6 Å². The maximum atomic E-state index is 11.5. The van der Waals surface area contributed by atoms with Crippen LogP contribution in [0.5, 0.6) is 0 Å². The van der Waals surface area contributed by atoms with Gasteiger partial charge in [-0.3, -0.25) is 9.48 Å². The standard InChI is InChI=1S/C15H19N3O2/c1-18-11-14(10-17-18)13-5-2-4-12(8-13)9-16-15(20)6-3-7-19/h2,4-5,8,10-11,19H,3,6-7,9H2,1H3,(H,16,20). The van der Waals surface area contributed by atoms with E-state index in [4.69, 9.17) is 5.11 Å². The smallest absolute Gasteiger partial charge is 0.220 e. The molecule has 2 N–H and O–H groups in total. The third-order valence-corrected chi connectivity index (χ3v) is 3.02. The summed E-state index contributed by atoms with van der Waals surface area (Å²) < 4.78 is 1.76. The molecule has 2 aromatic rings. The first kappa shape index (κ1) is 14.3. The van der Waals surface area contributed by atoms with Crippen molar-refractivity contribution in [3.8, 4) is 11.1 Å². The zero-order chi connectivity index (χ0) is 14.4. The highest BCUT2D eigenvalue weighted by Crippen LogP contribution is 2.19. The maximum Gasteiger partial charge on any atom is 0.220 e. The van der Waals surface area contributed by atoms with E-state index < -0.39 is 0 Å². The van der Waals surface area contributed by atoms with Crippen molar-refractivity contribution in [3.63, 3.8) is 0 Å². The molecule has 20 heavy (non-hydrogen) atoms. The molecule has 0 radical (unpaired) electrons. The number of rotatable bonds is 6. The number of carbonyl (C=O) groups excluding carboxylic acids is 1. The Balaban J connectivity index is 1.98. The van der Waals surface area contributed by atoms with Crippen LogP contribution in [0, 0.1) is 0 Å². The van der Waals surface area contributed by atoms with Gasteiger partial charge in [-0.2, -0.15) is 5.10 Å². The third-order valence-electron chi connectivity index (χ3n) is 3.02. The molecule has 1 amide bonds. The van der Waals surface area contributed by atoms with Crippen molar-refractivity contribution >= 4 is 5.91 Å². The highest BCUT2D eigenvalue weighted by Gasteiger charge is 2.03. The van der Waals surface area contributed by atoms with Crippen LogP contribution in [0.25, 0.3) is 11.1 Å². The van der Waals surface area contributed by atoms with Crippen LogP contribution in [-0.2, 0) is 18.4 Å². The first-order valence-electron chi connectivity index (χ1n) is 6.64. The second-order valence-corrected chi connectivity index (χ2v) is 4.71. The summed E-state index contributed by atoms with van der Waals surface area (Å²) in [6.45, 7) is 0.544. The topological polar surface area (TPSA) is 67.2 Å². The Hall–Kier alpha value is -2.14. The lowest BCUT2D eigenvalue weighted by molar-refractivity contribution is -0.121. The molecule has 0 unspecified atom stereocenters. The highest BCUT2D eigenvalue weighted by molar-refractivity contribution is 5.75. The zero-order valence-electron chi connectivity index (χ0n) is 11.5. The van der Waals surface area contributed by atoms with E-state index in [1.54, 1.807) is 4.68 Å². The lowest BCUT2D eigenvalue weighted by Crippen LogP contribution is -2.22. The SMILES string of the molecule is Cn1cc(-c2cccc(CNC(=O)CCCO)c2)cn1. The zero-order valence-corrected chi connectivity index (χ0v) is 11.5. The molecule has 0 bridgehead atoms. The Morgan fingerprint density at radius 1 is 1.40 bits per heavy atom. The molecule has 2 rings (SSSR count). The summed E-state index contributed by atoms with van der Waals surface area (Å²) in [5.74, 6) is -0.0363. The van der Waals surface area contributed by atoms with Gasteiger partial charge >= 0.3 is 0 Å². The Labute approximate surface area is 118 Å². The number of benzene rings is 1. The van der Waals surface area contributed by atoms with E-state index in [9.17, 15) is 4.79 Å². The molecular weight excluding hydrogens is 254 g/mol. The van der Waals surface area contributed by atoms with Gasteiger partial charge in [0.05, 0.1) is 6.20 Å². The van der Waals surface area contributed by atoms with Crippen LogP contribution >= 0.6 is 0 Å². The molecule has 0 aliphatic heterocycles. The van der Waals surface area contributed by atoms with E-state index in [-0.39, 0.29) is 12.5 Å². The molecule has 0 aliphatic rings. The molecule has 0 aliphatic carbocycles. The average molecular weight is 273 g/mol. The van der Waals surface area contributed by atoms with Crippen molar-refractivity contribution in [2.45, 2.75) is 19.4 Å².